The molecule has 25 heavy (non-hydrogen) atoms. The predicted octanol–water partition coefficient (Wildman–Crippen LogP) is 1.70. The number of nitriles is 1. The second-order valence-corrected chi connectivity index (χ2v) is 5.62. The molecule has 2 aromatic carbocycles. The smallest absolute Gasteiger partial charge is 0.274 e. The molecule has 2 aromatic rings. The highest BCUT2D eigenvalue weighted by Crippen LogP contribution is 2.31. The molecule has 3 N–H and O–H groups in total. The minimum absolute atomic E-state index is 0.0838. The molecule has 7 nitrogen and oxygen atoms in total. The Balaban J connectivity index is 2.03. The summed E-state index contributed by atoms with van der Waals surface area (Å²) in [6, 6.07) is 15.3. The number of nitrogens with one attached hydrogen (secondary N) is 2. The molecule has 1 fully saturated rings. The number of carbonyl (C=O) groups excluding carboxylic acids is 2. The molecular formula is C18H16N4O3. The van der Waals surface area contributed by atoms with Crippen LogP contribution in [0, 0.1) is 11.3 Å². The van der Waals surface area contributed by atoms with Crippen LogP contribution in [0.2, 0.25) is 0 Å². The van der Waals surface area contributed by atoms with Crippen LogP contribution < -0.4 is 15.7 Å². The third kappa shape index (κ3) is 3.29. The maximum Gasteiger partial charge on any atom is 0.274 e. The number of nitrogens with zero attached hydrogens (tertiary/aromatic N) is 2. The van der Waals surface area contributed by atoms with Crippen LogP contribution in [-0.4, -0.2) is 29.6 Å². The summed E-state index contributed by atoms with van der Waals surface area (Å²) in [5, 5.41) is 20.7. The van der Waals surface area contributed by atoms with Crippen molar-refractivity contribution < 1.29 is 14.8 Å². The summed E-state index contributed by atoms with van der Waals surface area (Å²) < 4.78 is 0. The van der Waals surface area contributed by atoms with Gasteiger partial charge in [0.25, 0.3) is 5.91 Å². The minimum atomic E-state index is -0.608. The SMILES string of the molecule is N#Cc1cccc(N(c2ccc(C(=O)NO)cc2)C2CCNC2=O)c1. The summed E-state index contributed by atoms with van der Waals surface area (Å²) in [4.78, 5) is 25.6. The average molecular weight is 336 g/mol. The molecule has 126 valence electrons. The molecule has 0 radical (unpaired) electrons. The normalized spacial score (nSPS) is 16.0. The van der Waals surface area contributed by atoms with Gasteiger partial charge in [-0.2, -0.15) is 5.26 Å². The molecule has 0 saturated carbocycles. The topological polar surface area (TPSA) is 105 Å². The molecule has 0 bridgehead atoms. The van der Waals surface area contributed by atoms with Crippen LogP contribution in [0.25, 0.3) is 0 Å². The summed E-state index contributed by atoms with van der Waals surface area (Å²) in [7, 11) is 0. The monoisotopic (exact) mass is 336 g/mol. The first-order valence-corrected chi connectivity index (χ1v) is 7.75. The quantitative estimate of drug-likeness (QED) is 0.582. The van der Waals surface area contributed by atoms with E-state index in [0.29, 0.717) is 29.8 Å². The maximum atomic E-state index is 12.2. The Bertz CT molecular complexity index is 842. The lowest BCUT2D eigenvalue weighted by atomic mass is 10.1. The number of carbonyl (C=O) groups is 2. The van der Waals surface area contributed by atoms with E-state index in [1.54, 1.807) is 47.9 Å². The van der Waals surface area contributed by atoms with E-state index in [-0.39, 0.29) is 5.91 Å². The standard InChI is InChI=1S/C18H16N4O3/c19-11-12-2-1-3-15(10-12)22(16-8-9-20-18(16)24)14-6-4-13(5-7-14)17(23)21-25/h1-7,10,16,25H,8-9H2,(H,20,24)(H,21,23). The second-order valence-electron chi connectivity index (χ2n) is 5.62. The minimum Gasteiger partial charge on any atom is -0.354 e. The van der Waals surface area contributed by atoms with Gasteiger partial charge in [-0.3, -0.25) is 14.8 Å². The molecule has 0 spiro atoms. The van der Waals surface area contributed by atoms with E-state index in [2.05, 4.69) is 11.4 Å². The van der Waals surface area contributed by atoms with Crippen LogP contribution >= 0.6 is 0 Å². The molecule has 1 saturated heterocycles. The summed E-state index contributed by atoms with van der Waals surface area (Å²) >= 11 is 0. The van der Waals surface area contributed by atoms with Crippen molar-refractivity contribution in [2.24, 2.45) is 0 Å². The summed E-state index contributed by atoms with van der Waals surface area (Å²) in [6.07, 6.45) is 0.633. The zero-order chi connectivity index (χ0) is 17.8. The van der Waals surface area contributed by atoms with E-state index < -0.39 is 11.9 Å². The Morgan fingerprint density at radius 1 is 1.24 bits per heavy atom. The van der Waals surface area contributed by atoms with Crippen LogP contribution in [0.5, 0.6) is 0 Å². The van der Waals surface area contributed by atoms with Gasteiger partial charge in [0.15, 0.2) is 0 Å². The van der Waals surface area contributed by atoms with Gasteiger partial charge in [0.1, 0.15) is 6.04 Å². The first kappa shape index (κ1) is 16.5. The predicted molar refractivity (Wildman–Crippen MR) is 90.4 cm³/mol. The molecule has 0 aliphatic carbocycles. The number of amides is 2. The lowest BCUT2D eigenvalue weighted by Crippen LogP contribution is -2.37. The molecule has 2 amide bonds. The summed E-state index contributed by atoms with van der Waals surface area (Å²) in [5.74, 6) is -0.692. The Hall–Kier alpha value is -3.37. The van der Waals surface area contributed by atoms with Gasteiger partial charge in [-0.05, 0) is 48.9 Å². The molecule has 1 aliphatic rings. The fourth-order valence-corrected chi connectivity index (χ4v) is 2.90. The van der Waals surface area contributed by atoms with Gasteiger partial charge >= 0.3 is 0 Å². The number of rotatable bonds is 4. The van der Waals surface area contributed by atoms with Crippen LogP contribution in [0.15, 0.2) is 48.5 Å². The van der Waals surface area contributed by atoms with Crippen molar-refractivity contribution in [3.05, 3.63) is 59.7 Å². The van der Waals surface area contributed by atoms with Crippen molar-refractivity contribution in [1.29, 1.82) is 5.26 Å². The zero-order valence-corrected chi connectivity index (χ0v) is 13.3. The Morgan fingerprint density at radius 2 is 2.00 bits per heavy atom. The van der Waals surface area contributed by atoms with Gasteiger partial charge in [-0.15, -0.1) is 0 Å². The molecule has 1 heterocycles. The molecule has 1 atom stereocenters. The van der Waals surface area contributed by atoms with Gasteiger partial charge in [-0.1, -0.05) is 6.07 Å². The molecular weight excluding hydrogens is 320 g/mol. The highest BCUT2D eigenvalue weighted by Gasteiger charge is 2.31. The van der Waals surface area contributed by atoms with Crippen molar-refractivity contribution in [2.45, 2.75) is 12.5 Å². The van der Waals surface area contributed by atoms with E-state index in [4.69, 9.17) is 10.5 Å². The Kier molecular flexibility index (Phi) is 4.64. The van der Waals surface area contributed by atoms with Crippen molar-refractivity contribution >= 4 is 23.2 Å². The zero-order valence-electron chi connectivity index (χ0n) is 13.3. The van der Waals surface area contributed by atoms with E-state index in [0.717, 1.165) is 5.69 Å². The molecule has 3 rings (SSSR count). The number of hydroxylamine groups is 1. The van der Waals surface area contributed by atoms with Gasteiger partial charge in [-0.25, -0.2) is 5.48 Å². The van der Waals surface area contributed by atoms with Gasteiger partial charge in [0, 0.05) is 23.5 Å². The van der Waals surface area contributed by atoms with Crippen LogP contribution in [0.3, 0.4) is 0 Å². The first-order valence-electron chi connectivity index (χ1n) is 7.75. The Labute approximate surface area is 144 Å². The fourth-order valence-electron chi connectivity index (χ4n) is 2.90. The van der Waals surface area contributed by atoms with Crippen molar-refractivity contribution in [1.82, 2.24) is 10.8 Å². The number of benzene rings is 2. The average Bonchev–Trinajstić information content (AvgIpc) is 3.08. The Morgan fingerprint density at radius 3 is 2.60 bits per heavy atom. The van der Waals surface area contributed by atoms with Gasteiger partial charge < -0.3 is 10.2 Å². The van der Waals surface area contributed by atoms with Crippen molar-refractivity contribution in [3.8, 4) is 6.07 Å². The van der Waals surface area contributed by atoms with E-state index in [9.17, 15) is 9.59 Å². The van der Waals surface area contributed by atoms with E-state index in [1.807, 2.05) is 11.0 Å². The van der Waals surface area contributed by atoms with Gasteiger partial charge in [0.05, 0.1) is 11.6 Å². The molecule has 0 aromatic heterocycles. The molecule has 7 heteroatoms. The fraction of sp³-hybridized carbons (Fsp3) is 0.167. The van der Waals surface area contributed by atoms with Crippen LogP contribution in [0.1, 0.15) is 22.3 Å². The largest absolute Gasteiger partial charge is 0.354 e. The van der Waals surface area contributed by atoms with E-state index in [1.165, 1.54) is 0 Å². The van der Waals surface area contributed by atoms with Crippen LogP contribution in [-0.2, 0) is 4.79 Å². The number of hydrogen-bond acceptors (Lipinski definition) is 5. The molecule has 1 aliphatic heterocycles. The van der Waals surface area contributed by atoms with Crippen molar-refractivity contribution in [2.75, 3.05) is 11.4 Å². The molecule has 1 unspecified atom stereocenters. The van der Waals surface area contributed by atoms with E-state index >= 15 is 0 Å². The number of hydrogen-bond donors (Lipinski definition) is 3. The first-order chi connectivity index (χ1) is 12.1. The third-order valence-corrected chi connectivity index (χ3v) is 4.09. The van der Waals surface area contributed by atoms with Crippen LogP contribution in [0.4, 0.5) is 11.4 Å². The van der Waals surface area contributed by atoms with Gasteiger partial charge in [0.2, 0.25) is 5.91 Å². The summed E-state index contributed by atoms with van der Waals surface area (Å²) in [6.45, 7) is 0.586. The number of anilines is 2. The maximum absolute atomic E-state index is 12.2. The lowest BCUT2D eigenvalue weighted by molar-refractivity contribution is -0.120. The van der Waals surface area contributed by atoms with Crippen molar-refractivity contribution in [3.63, 3.8) is 0 Å². The second kappa shape index (κ2) is 7.03. The highest BCUT2D eigenvalue weighted by atomic mass is 16.5. The third-order valence-electron chi connectivity index (χ3n) is 4.09. The summed E-state index contributed by atoms with van der Waals surface area (Å²) in [5.41, 5.74) is 3.82. The lowest BCUT2D eigenvalue weighted by Gasteiger charge is -2.29. The highest BCUT2D eigenvalue weighted by molar-refractivity contribution is 5.94.